The summed E-state index contributed by atoms with van der Waals surface area (Å²) in [5, 5.41) is 4.65. The van der Waals surface area contributed by atoms with Crippen LogP contribution in [0.3, 0.4) is 0 Å². The van der Waals surface area contributed by atoms with E-state index in [4.69, 9.17) is 4.42 Å². The maximum Gasteiger partial charge on any atom is 0.247 e. The predicted octanol–water partition coefficient (Wildman–Crippen LogP) is 2.71. The first-order valence-electron chi connectivity index (χ1n) is 7.70. The van der Waals surface area contributed by atoms with Gasteiger partial charge in [0.25, 0.3) is 0 Å². The van der Waals surface area contributed by atoms with Gasteiger partial charge in [0, 0.05) is 49.2 Å². The normalized spacial score (nSPS) is 15.1. The molecule has 0 atom stereocenters. The fraction of sp³-hybridized carbons (Fsp3) is 0.438. The summed E-state index contributed by atoms with van der Waals surface area (Å²) in [6, 6.07) is 0. The summed E-state index contributed by atoms with van der Waals surface area (Å²) in [6.07, 6.45) is 2.74. The zero-order valence-corrected chi connectivity index (χ0v) is 14.4. The molecule has 1 aliphatic rings. The molecule has 1 aliphatic heterocycles. The van der Waals surface area contributed by atoms with Gasteiger partial charge in [-0.25, -0.2) is 9.97 Å². The van der Waals surface area contributed by atoms with Gasteiger partial charge in [-0.3, -0.25) is 9.58 Å². The van der Waals surface area contributed by atoms with Gasteiger partial charge in [-0.2, -0.15) is 5.10 Å². The Morgan fingerprint density at radius 1 is 1.30 bits per heavy atom. The number of fused-ring (bicyclic) bond motifs is 1. The Balaban J connectivity index is 1.64. The smallest absolute Gasteiger partial charge is 0.247 e. The van der Waals surface area contributed by atoms with Crippen LogP contribution in [0.15, 0.2) is 16.1 Å². The van der Waals surface area contributed by atoms with E-state index in [1.165, 1.54) is 16.1 Å². The lowest BCUT2D eigenvalue weighted by molar-refractivity contribution is 0.244. The van der Waals surface area contributed by atoms with Crippen LogP contribution < -0.4 is 0 Å². The molecule has 3 aromatic rings. The van der Waals surface area contributed by atoms with E-state index in [1.807, 2.05) is 24.2 Å². The second-order valence-corrected chi connectivity index (χ2v) is 6.93. The van der Waals surface area contributed by atoms with E-state index >= 15 is 0 Å². The Morgan fingerprint density at radius 3 is 2.87 bits per heavy atom. The van der Waals surface area contributed by atoms with E-state index in [0.29, 0.717) is 5.89 Å². The summed E-state index contributed by atoms with van der Waals surface area (Å²) in [6.45, 7) is 6.83. The summed E-state index contributed by atoms with van der Waals surface area (Å²) in [5.74, 6) is 1.43. The van der Waals surface area contributed by atoms with Crippen LogP contribution in [0.2, 0.25) is 0 Å². The Labute approximate surface area is 138 Å². The molecule has 0 unspecified atom stereocenters. The molecule has 0 N–H and O–H groups in total. The second-order valence-electron chi connectivity index (χ2n) is 6.00. The lowest BCUT2D eigenvalue weighted by atomic mass is 10.0. The van der Waals surface area contributed by atoms with Crippen LogP contribution in [0, 0.1) is 13.8 Å². The standard InChI is InChI=1S/C16H19N5OS/c1-10-6-17-16(22-10)15-12-7-21(5-4-13(12)20(3)19-15)8-14-11(2)18-9-23-14/h6,9H,4-5,7-8H2,1-3H3. The molecule has 0 bridgehead atoms. The van der Waals surface area contributed by atoms with Gasteiger partial charge in [0.05, 0.1) is 17.4 Å². The maximum absolute atomic E-state index is 5.70. The molecule has 3 aromatic heterocycles. The van der Waals surface area contributed by atoms with E-state index in [0.717, 1.165) is 43.2 Å². The highest BCUT2D eigenvalue weighted by atomic mass is 32.1. The molecule has 4 heterocycles. The molecule has 0 saturated heterocycles. The van der Waals surface area contributed by atoms with Crippen molar-refractivity contribution < 1.29 is 4.42 Å². The van der Waals surface area contributed by atoms with Gasteiger partial charge in [-0.1, -0.05) is 0 Å². The molecule has 4 rings (SSSR count). The molecule has 23 heavy (non-hydrogen) atoms. The highest BCUT2D eigenvalue weighted by Crippen LogP contribution is 2.30. The Morgan fingerprint density at radius 2 is 2.17 bits per heavy atom. The zero-order valence-electron chi connectivity index (χ0n) is 13.5. The molecular weight excluding hydrogens is 310 g/mol. The Bertz CT molecular complexity index is 847. The number of nitrogens with zero attached hydrogens (tertiary/aromatic N) is 5. The van der Waals surface area contributed by atoms with Crippen LogP contribution in [0.25, 0.3) is 11.6 Å². The van der Waals surface area contributed by atoms with Crippen molar-refractivity contribution in [3.05, 3.63) is 39.3 Å². The van der Waals surface area contributed by atoms with Gasteiger partial charge in [0.1, 0.15) is 5.76 Å². The van der Waals surface area contributed by atoms with Crippen molar-refractivity contribution in [1.82, 2.24) is 24.6 Å². The van der Waals surface area contributed by atoms with Crippen LogP contribution in [0.5, 0.6) is 0 Å². The van der Waals surface area contributed by atoms with Gasteiger partial charge in [-0.15, -0.1) is 11.3 Å². The molecule has 0 aromatic carbocycles. The molecule has 0 saturated carbocycles. The second kappa shape index (κ2) is 5.58. The molecule has 0 aliphatic carbocycles. The van der Waals surface area contributed by atoms with Crippen molar-refractivity contribution >= 4 is 11.3 Å². The monoisotopic (exact) mass is 329 g/mol. The number of oxazole rings is 1. The first kappa shape index (κ1) is 14.6. The minimum atomic E-state index is 0.621. The molecule has 0 spiro atoms. The highest BCUT2D eigenvalue weighted by Gasteiger charge is 2.27. The van der Waals surface area contributed by atoms with Crippen molar-refractivity contribution in [1.29, 1.82) is 0 Å². The molecule has 0 radical (unpaired) electrons. The van der Waals surface area contributed by atoms with Gasteiger partial charge >= 0.3 is 0 Å². The van der Waals surface area contributed by atoms with Crippen LogP contribution in [0.4, 0.5) is 0 Å². The fourth-order valence-electron chi connectivity index (χ4n) is 3.10. The summed E-state index contributed by atoms with van der Waals surface area (Å²) >= 11 is 1.73. The third-order valence-electron chi connectivity index (χ3n) is 4.36. The molecule has 0 amide bonds. The predicted molar refractivity (Wildman–Crippen MR) is 88.1 cm³/mol. The summed E-state index contributed by atoms with van der Waals surface area (Å²) in [4.78, 5) is 12.5. The lowest BCUT2D eigenvalue weighted by Gasteiger charge is -2.27. The van der Waals surface area contributed by atoms with Crippen LogP contribution in [-0.4, -0.2) is 31.2 Å². The van der Waals surface area contributed by atoms with Gasteiger partial charge in [0.15, 0.2) is 5.69 Å². The first-order valence-corrected chi connectivity index (χ1v) is 8.58. The van der Waals surface area contributed by atoms with E-state index in [-0.39, 0.29) is 0 Å². The van der Waals surface area contributed by atoms with Crippen molar-refractivity contribution in [3.63, 3.8) is 0 Å². The minimum absolute atomic E-state index is 0.621. The van der Waals surface area contributed by atoms with E-state index in [1.54, 1.807) is 17.5 Å². The minimum Gasteiger partial charge on any atom is -0.440 e. The topological polar surface area (TPSA) is 60.0 Å². The van der Waals surface area contributed by atoms with Crippen molar-refractivity contribution in [2.24, 2.45) is 7.05 Å². The Kier molecular flexibility index (Phi) is 3.54. The molecule has 6 nitrogen and oxygen atoms in total. The lowest BCUT2D eigenvalue weighted by Crippen LogP contribution is -2.30. The first-order chi connectivity index (χ1) is 11.1. The highest BCUT2D eigenvalue weighted by molar-refractivity contribution is 7.09. The maximum atomic E-state index is 5.70. The zero-order chi connectivity index (χ0) is 16.0. The van der Waals surface area contributed by atoms with E-state index in [9.17, 15) is 0 Å². The summed E-state index contributed by atoms with van der Waals surface area (Å²) in [7, 11) is 2.00. The van der Waals surface area contributed by atoms with E-state index in [2.05, 4.69) is 26.9 Å². The SMILES string of the molecule is Cc1cnc(-c2nn(C)c3c2CN(Cc2scnc2C)CC3)o1. The van der Waals surface area contributed by atoms with Gasteiger partial charge in [0.2, 0.25) is 5.89 Å². The fourth-order valence-corrected chi connectivity index (χ4v) is 3.92. The van der Waals surface area contributed by atoms with Crippen molar-refractivity contribution in [2.75, 3.05) is 6.54 Å². The molecular formula is C16H19N5OS. The number of hydrogen-bond donors (Lipinski definition) is 0. The van der Waals surface area contributed by atoms with Crippen LogP contribution in [-0.2, 0) is 26.6 Å². The average molecular weight is 329 g/mol. The van der Waals surface area contributed by atoms with Gasteiger partial charge in [-0.05, 0) is 13.8 Å². The van der Waals surface area contributed by atoms with Crippen LogP contribution >= 0.6 is 11.3 Å². The number of aryl methyl sites for hydroxylation is 3. The summed E-state index contributed by atoms with van der Waals surface area (Å²) in [5.41, 5.74) is 6.46. The van der Waals surface area contributed by atoms with Crippen LogP contribution in [0.1, 0.15) is 27.6 Å². The number of thiazole rings is 1. The average Bonchev–Trinajstić information content (AvgIpc) is 3.21. The largest absolute Gasteiger partial charge is 0.440 e. The number of hydrogen-bond acceptors (Lipinski definition) is 6. The quantitative estimate of drug-likeness (QED) is 0.739. The summed E-state index contributed by atoms with van der Waals surface area (Å²) < 4.78 is 7.67. The molecule has 120 valence electrons. The third kappa shape index (κ3) is 2.60. The van der Waals surface area contributed by atoms with E-state index < -0.39 is 0 Å². The van der Waals surface area contributed by atoms with Gasteiger partial charge < -0.3 is 4.42 Å². The van der Waals surface area contributed by atoms with Crippen molar-refractivity contribution in [2.45, 2.75) is 33.4 Å². The third-order valence-corrected chi connectivity index (χ3v) is 5.28. The Hall–Kier alpha value is -1.99. The number of aromatic nitrogens is 4. The molecule has 7 heteroatoms. The molecule has 0 fully saturated rings. The van der Waals surface area contributed by atoms with Crippen molar-refractivity contribution in [3.8, 4) is 11.6 Å². The number of rotatable bonds is 3.